The van der Waals surface area contributed by atoms with Gasteiger partial charge in [-0.05, 0) is 37.0 Å². The molecule has 1 spiro atoms. The first-order chi connectivity index (χ1) is 13.5. The molecule has 5 nitrogen and oxygen atoms in total. The first kappa shape index (κ1) is 18.8. The minimum absolute atomic E-state index is 0.0368. The molecule has 0 bridgehead atoms. The lowest BCUT2D eigenvalue weighted by molar-refractivity contribution is -0.128. The summed E-state index contributed by atoms with van der Waals surface area (Å²) >= 11 is 0. The number of carbonyl (C=O) groups is 2. The van der Waals surface area contributed by atoms with Gasteiger partial charge in [-0.2, -0.15) is 0 Å². The number of hydrogen-bond donors (Lipinski definition) is 0. The van der Waals surface area contributed by atoms with Crippen LogP contribution >= 0.6 is 0 Å². The number of likely N-dealkylation sites (tertiary alicyclic amines) is 2. The number of rotatable bonds is 3. The number of benzene rings is 1. The van der Waals surface area contributed by atoms with Crippen molar-refractivity contribution in [3.63, 3.8) is 0 Å². The van der Waals surface area contributed by atoms with E-state index in [4.69, 9.17) is 4.74 Å². The van der Waals surface area contributed by atoms with Crippen LogP contribution < -0.4 is 4.74 Å². The summed E-state index contributed by atoms with van der Waals surface area (Å²) in [7, 11) is 0. The van der Waals surface area contributed by atoms with Gasteiger partial charge in [0.25, 0.3) is 5.91 Å². The first-order valence-corrected chi connectivity index (χ1v) is 10.2. The highest BCUT2D eigenvalue weighted by Gasteiger charge is 2.45. The van der Waals surface area contributed by atoms with E-state index in [9.17, 15) is 9.59 Å². The van der Waals surface area contributed by atoms with Gasteiger partial charge in [-0.25, -0.2) is 0 Å². The fourth-order valence-corrected chi connectivity index (χ4v) is 4.53. The molecule has 2 amide bonds. The highest BCUT2D eigenvalue weighted by molar-refractivity contribution is 6.01. The number of nitrogens with zero attached hydrogens (tertiary/aromatic N) is 2. The summed E-state index contributed by atoms with van der Waals surface area (Å²) < 4.78 is 5.60. The molecular formula is C23H28N2O3. The summed E-state index contributed by atoms with van der Waals surface area (Å²) in [6, 6.07) is 7.71. The third-order valence-electron chi connectivity index (χ3n) is 6.02. The molecule has 2 saturated heterocycles. The summed E-state index contributed by atoms with van der Waals surface area (Å²) in [5.41, 5.74) is 1.60. The average molecular weight is 380 g/mol. The van der Waals surface area contributed by atoms with Gasteiger partial charge >= 0.3 is 0 Å². The first-order valence-electron chi connectivity index (χ1n) is 10.2. The van der Waals surface area contributed by atoms with Gasteiger partial charge in [0, 0.05) is 49.2 Å². The van der Waals surface area contributed by atoms with Crippen molar-refractivity contribution < 1.29 is 14.3 Å². The predicted octanol–water partition coefficient (Wildman–Crippen LogP) is 3.47. The lowest BCUT2D eigenvalue weighted by Crippen LogP contribution is -2.44. The van der Waals surface area contributed by atoms with Gasteiger partial charge in [0.05, 0.1) is 6.26 Å². The van der Waals surface area contributed by atoms with E-state index in [2.05, 4.69) is 13.8 Å². The van der Waals surface area contributed by atoms with E-state index >= 15 is 0 Å². The van der Waals surface area contributed by atoms with Crippen LogP contribution in [0.1, 0.15) is 38.7 Å². The maximum atomic E-state index is 13.1. The molecule has 0 radical (unpaired) electrons. The SMILES string of the molecule is CC(C)CN1CC2(CCN(C(=O)C3=Cc4ccccc4OC=C3)CC2)CC1=O. The zero-order valence-corrected chi connectivity index (χ0v) is 16.7. The number of hydrogen-bond acceptors (Lipinski definition) is 3. The molecule has 3 heterocycles. The quantitative estimate of drug-likeness (QED) is 0.807. The van der Waals surface area contributed by atoms with Crippen LogP contribution in [0.2, 0.25) is 0 Å². The minimum atomic E-state index is 0.0368. The van der Waals surface area contributed by atoms with Gasteiger partial charge in [0.15, 0.2) is 0 Å². The van der Waals surface area contributed by atoms with E-state index in [1.807, 2.05) is 40.1 Å². The van der Waals surface area contributed by atoms with Crippen LogP contribution in [0.25, 0.3) is 6.08 Å². The topological polar surface area (TPSA) is 49.9 Å². The Morgan fingerprint density at radius 3 is 2.71 bits per heavy atom. The normalized spacial score (nSPS) is 20.8. The summed E-state index contributed by atoms with van der Waals surface area (Å²) in [6.07, 6.45) is 7.64. The van der Waals surface area contributed by atoms with E-state index in [0.717, 1.165) is 37.2 Å². The molecule has 5 heteroatoms. The van der Waals surface area contributed by atoms with Gasteiger partial charge in [0.1, 0.15) is 5.75 Å². The van der Waals surface area contributed by atoms with E-state index < -0.39 is 0 Å². The van der Waals surface area contributed by atoms with Crippen molar-refractivity contribution >= 4 is 17.9 Å². The van der Waals surface area contributed by atoms with Crippen LogP contribution in [-0.4, -0.2) is 47.8 Å². The van der Waals surface area contributed by atoms with Gasteiger partial charge in [-0.1, -0.05) is 32.0 Å². The number of para-hydroxylation sites is 1. The molecule has 0 N–H and O–H groups in total. The fourth-order valence-electron chi connectivity index (χ4n) is 4.53. The maximum absolute atomic E-state index is 13.1. The number of piperidine rings is 1. The van der Waals surface area contributed by atoms with Crippen molar-refractivity contribution in [1.29, 1.82) is 0 Å². The van der Waals surface area contributed by atoms with Gasteiger partial charge in [0.2, 0.25) is 5.91 Å². The molecule has 1 aromatic carbocycles. The summed E-state index contributed by atoms with van der Waals surface area (Å²) in [5, 5.41) is 0. The molecule has 0 aliphatic carbocycles. The monoisotopic (exact) mass is 380 g/mol. The van der Waals surface area contributed by atoms with Crippen LogP contribution in [0.15, 0.2) is 42.2 Å². The molecule has 148 valence electrons. The Kier molecular flexibility index (Phi) is 5.00. The Bertz CT molecular complexity index is 832. The molecule has 4 rings (SSSR count). The molecule has 0 saturated carbocycles. The third-order valence-corrected chi connectivity index (χ3v) is 6.02. The maximum Gasteiger partial charge on any atom is 0.253 e. The standard InChI is InChI=1S/C23H28N2O3/c1-17(2)15-25-16-23(14-21(25)26)8-10-24(11-9-23)22(27)19-7-12-28-20-6-4-3-5-18(20)13-19/h3-7,12-13,17H,8-11,14-16H2,1-2H3. The van der Waals surface area contributed by atoms with Gasteiger partial charge in [-0.15, -0.1) is 0 Å². The summed E-state index contributed by atoms with van der Waals surface area (Å²) in [5.74, 6) is 1.56. The fraction of sp³-hybridized carbons (Fsp3) is 0.478. The van der Waals surface area contributed by atoms with Crippen molar-refractivity contribution in [2.45, 2.75) is 33.1 Å². The second-order valence-corrected chi connectivity index (χ2v) is 8.70. The lowest BCUT2D eigenvalue weighted by atomic mass is 9.77. The van der Waals surface area contributed by atoms with Crippen molar-refractivity contribution in [3.05, 3.63) is 47.7 Å². The van der Waals surface area contributed by atoms with E-state index in [0.29, 0.717) is 31.0 Å². The zero-order chi connectivity index (χ0) is 19.7. The molecule has 3 aliphatic rings. The van der Waals surface area contributed by atoms with E-state index in [1.54, 1.807) is 12.3 Å². The minimum Gasteiger partial charge on any atom is -0.464 e. The van der Waals surface area contributed by atoms with Crippen LogP contribution in [0.3, 0.4) is 0 Å². The Labute approximate surface area is 166 Å². The zero-order valence-electron chi connectivity index (χ0n) is 16.7. The largest absolute Gasteiger partial charge is 0.464 e. The second-order valence-electron chi connectivity index (χ2n) is 8.70. The number of ether oxygens (including phenoxy) is 1. The Morgan fingerprint density at radius 1 is 1.21 bits per heavy atom. The molecule has 1 aromatic rings. The van der Waals surface area contributed by atoms with Crippen LogP contribution in [0, 0.1) is 11.3 Å². The van der Waals surface area contributed by atoms with Crippen molar-refractivity contribution in [3.8, 4) is 5.75 Å². The lowest BCUT2D eigenvalue weighted by Gasteiger charge is -2.39. The molecular weight excluding hydrogens is 352 g/mol. The predicted molar refractivity (Wildman–Crippen MR) is 108 cm³/mol. The molecule has 0 unspecified atom stereocenters. The van der Waals surface area contributed by atoms with E-state index in [-0.39, 0.29) is 17.2 Å². The Morgan fingerprint density at radius 2 is 1.96 bits per heavy atom. The van der Waals surface area contributed by atoms with E-state index in [1.165, 1.54) is 0 Å². The summed E-state index contributed by atoms with van der Waals surface area (Å²) in [6.45, 7) is 7.38. The molecule has 0 aromatic heterocycles. The van der Waals surface area contributed by atoms with Crippen molar-refractivity contribution in [2.75, 3.05) is 26.2 Å². The number of fused-ring (bicyclic) bond motifs is 1. The summed E-state index contributed by atoms with van der Waals surface area (Å²) in [4.78, 5) is 29.4. The highest BCUT2D eigenvalue weighted by Crippen LogP contribution is 2.41. The molecule has 0 atom stereocenters. The molecule has 28 heavy (non-hydrogen) atoms. The molecule has 2 fully saturated rings. The van der Waals surface area contributed by atoms with Gasteiger partial charge < -0.3 is 14.5 Å². The van der Waals surface area contributed by atoms with Crippen molar-refractivity contribution in [1.82, 2.24) is 9.80 Å². The Balaban J connectivity index is 1.42. The third kappa shape index (κ3) is 3.71. The van der Waals surface area contributed by atoms with Crippen LogP contribution in [0.5, 0.6) is 5.75 Å². The number of carbonyl (C=O) groups excluding carboxylic acids is 2. The van der Waals surface area contributed by atoms with Crippen LogP contribution in [0.4, 0.5) is 0 Å². The average Bonchev–Trinajstić information content (AvgIpc) is 2.84. The number of amides is 2. The highest BCUT2D eigenvalue weighted by atomic mass is 16.5. The smallest absolute Gasteiger partial charge is 0.253 e. The molecule has 3 aliphatic heterocycles. The Hall–Kier alpha value is -2.56. The van der Waals surface area contributed by atoms with Gasteiger partial charge in [-0.3, -0.25) is 9.59 Å². The second kappa shape index (κ2) is 7.46. The van der Waals surface area contributed by atoms with Crippen LogP contribution in [-0.2, 0) is 9.59 Å². The van der Waals surface area contributed by atoms with Crippen molar-refractivity contribution in [2.24, 2.45) is 11.3 Å².